The van der Waals surface area contributed by atoms with Gasteiger partial charge in [-0.1, -0.05) is 54.1 Å². The van der Waals surface area contributed by atoms with Crippen molar-refractivity contribution in [2.24, 2.45) is 5.10 Å². The minimum Gasteiger partial charge on any atom is -0.490 e. The van der Waals surface area contributed by atoms with E-state index in [1.165, 1.54) is 5.01 Å². The molecule has 0 saturated carbocycles. The second kappa shape index (κ2) is 9.71. The van der Waals surface area contributed by atoms with E-state index in [0.29, 0.717) is 41.0 Å². The third-order valence-corrected chi connectivity index (χ3v) is 5.35. The predicted molar refractivity (Wildman–Crippen MR) is 128 cm³/mol. The third kappa shape index (κ3) is 4.68. The molecule has 3 aromatic carbocycles. The van der Waals surface area contributed by atoms with Crippen LogP contribution in [0, 0.1) is 0 Å². The van der Waals surface area contributed by atoms with Crippen LogP contribution in [0.4, 0.5) is 5.69 Å². The van der Waals surface area contributed by atoms with Crippen molar-refractivity contribution in [2.45, 2.75) is 20.5 Å². The Hall–Kier alpha value is -3.57. The van der Waals surface area contributed by atoms with Crippen LogP contribution in [0.5, 0.6) is 11.5 Å². The van der Waals surface area contributed by atoms with Gasteiger partial charge in [0.05, 0.1) is 23.6 Å². The summed E-state index contributed by atoms with van der Waals surface area (Å²) in [5.41, 5.74) is 3.66. The van der Waals surface area contributed by atoms with E-state index in [0.717, 1.165) is 16.8 Å². The van der Waals surface area contributed by atoms with Gasteiger partial charge in [-0.15, -0.1) is 0 Å². The molecule has 1 heterocycles. The molecule has 162 valence electrons. The summed E-state index contributed by atoms with van der Waals surface area (Å²) in [5.74, 6) is 1.06. The topological polar surface area (TPSA) is 51.1 Å². The van der Waals surface area contributed by atoms with Crippen LogP contribution in [0.15, 0.2) is 83.5 Å². The fourth-order valence-electron chi connectivity index (χ4n) is 3.37. The van der Waals surface area contributed by atoms with Crippen molar-refractivity contribution >= 4 is 35.0 Å². The smallest absolute Gasteiger partial charge is 0.280 e. The van der Waals surface area contributed by atoms with E-state index in [1.807, 2.05) is 92.7 Å². The van der Waals surface area contributed by atoms with Crippen LogP contribution in [0.25, 0.3) is 6.08 Å². The van der Waals surface area contributed by atoms with Gasteiger partial charge in [0.15, 0.2) is 11.5 Å². The number of hydrazone groups is 1. The molecule has 0 N–H and O–H groups in total. The Balaban J connectivity index is 1.57. The zero-order valence-corrected chi connectivity index (χ0v) is 18.7. The van der Waals surface area contributed by atoms with Gasteiger partial charge >= 0.3 is 0 Å². The maximum Gasteiger partial charge on any atom is 0.280 e. The number of hydrogen-bond donors (Lipinski definition) is 0. The first kappa shape index (κ1) is 21.7. The molecule has 0 atom stereocenters. The molecular formula is C26H23ClN2O3. The van der Waals surface area contributed by atoms with Crippen molar-refractivity contribution in [1.29, 1.82) is 0 Å². The fourth-order valence-corrected chi connectivity index (χ4v) is 3.56. The molecule has 3 aromatic rings. The molecule has 0 fully saturated rings. The Bertz CT molecular complexity index is 1190. The minimum absolute atomic E-state index is 0.161. The fraction of sp³-hybridized carbons (Fsp3) is 0.154. The molecule has 0 bridgehead atoms. The van der Waals surface area contributed by atoms with Crippen LogP contribution in [0.3, 0.4) is 0 Å². The Morgan fingerprint density at radius 2 is 1.72 bits per heavy atom. The predicted octanol–water partition coefficient (Wildman–Crippen LogP) is 6.12. The van der Waals surface area contributed by atoms with E-state index in [9.17, 15) is 4.79 Å². The molecule has 5 nitrogen and oxygen atoms in total. The lowest BCUT2D eigenvalue weighted by Crippen LogP contribution is -2.21. The molecule has 0 radical (unpaired) electrons. The maximum absolute atomic E-state index is 13.0. The molecule has 0 saturated heterocycles. The van der Waals surface area contributed by atoms with Crippen molar-refractivity contribution in [1.82, 2.24) is 0 Å². The highest BCUT2D eigenvalue weighted by Crippen LogP contribution is 2.32. The van der Waals surface area contributed by atoms with E-state index < -0.39 is 0 Å². The number of carbonyl (C=O) groups excluding carboxylic acids is 1. The van der Waals surface area contributed by atoms with Crippen LogP contribution in [-0.2, 0) is 11.4 Å². The zero-order valence-electron chi connectivity index (χ0n) is 17.9. The second-order valence-electron chi connectivity index (χ2n) is 7.22. The van der Waals surface area contributed by atoms with Crippen LogP contribution < -0.4 is 14.5 Å². The SMILES string of the molecule is CCOc1cc(/C=C2/C(=O)N(c3ccccc3)N=C2C)ccc1OCc1ccccc1Cl. The summed E-state index contributed by atoms with van der Waals surface area (Å²) in [7, 11) is 0. The Labute approximate surface area is 192 Å². The van der Waals surface area contributed by atoms with Gasteiger partial charge in [0.2, 0.25) is 0 Å². The number of nitrogens with zero attached hydrogens (tertiary/aromatic N) is 2. The molecule has 32 heavy (non-hydrogen) atoms. The number of hydrogen-bond acceptors (Lipinski definition) is 4. The quantitative estimate of drug-likeness (QED) is 0.410. The Morgan fingerprint density at radius 3 is 2.47 bits per heavy atom. The number of para-hydroxylation sites is 1. The van der Waals surface area contributed by atoms with Crippen molar-refractivity contribution in [3.8, 4) is 11.5 Å². The molecule has 1 amide bonds. The van der Waals surface area contributed by atoms with Crippen molar-refractivity contribution in [2.75, 3.05) is 11.6 Å². The number of amides is 1. The van der Waals surface area contributed by atoms with E-state index in [4.69, 9.17) is 21.1 Å². The number of benzene rings is 3. The van der Waals surface area contributed by atoms with Crippen molar-refractivity contribution in [3.63, 3.8) is 0 Å². The third-order valence-electron chi connectivity index (χ3n) is 4.98. The summed E-state index contributed by atoms with van der Waals surface area (Å²) < 4.78 is 11.8. The summed E-state index contributed by atoms with van der Waals surface area (Å²) in [6.07, 6.45) is 1.82. The number of carbonyl (C=O) groups is 1. The van der Waals surface area contributed by atoms with Gasteiger partial charge in [0, 0.05) is 10.6 Å². The number of anilines is 1. The molecule has 1 aliphatic heterocycles. The first-order valence-electron chi connectivity index (χ1n) is 10.4. The zero-order chi connectivity index (χ0) is 22.5. The minimum atomic E-state index is -0.161. The van der Waals surface area contributed by atoms with Gasteiger partial charge in [-0.2, -0.15) is 10.1 Å². The van der Waals surface area contributed by atoms with Crippen LogP contribution in [0.1, 0.15) is 25.0 Å². The largest absolute Gasteiger partial charge is 0.490 e. The van der Waals surface area contributed by atoms with E-state index in [1.54, 1.807) is 0 Å². The van der Waals surface area contributed by atoms with Gasteiger partial charge in [0.1, 0.15) is 6.61 Å². The van der Waals surface area contributed by atoms with E-state index in [2.05, 4.69) is 5.10 Å². The lowest BCUT2D eigenvalue weighted by Gasteiger charge is -2.14. The average Bonchev–Trinajstić information content (AvgIpc) is 3.08. The summed E-state index contributed by atoms with van der Waals surface area (Å²) in [6.45, 7) is 4.56. The molecular weight excluding hydrogens is 424 g/mol. The second-order valence-corrected chi connectivity index (χ2v) is 7.62. The molecule has 0 aromatic heterocycles. The summed E-state index contributed by atoms with van der Waals surface area (Å²) in [4.78, 5) is 13.0. The monoisotopic (exact) mass is 446 g/mol. The van der Waals surface area contributed by atoms with Gasteiger partial charge in [0.25, 0.3) is 5.91 Å². The highest BCUT2D eigenvalue weighted by Gasteiger charge is 2.28. The number of halogens is 1. The molecule has 0 unspecified atom stereocenters. The van der Waals surface area contributed by atoms with Gasteiger partial charge in [-0.3, -0.25) is 4.79 Å². The highest BCUT2D eigenvalue weighted by atomic mass is 35.5. The normalized spacial score (nSPS) is 14.6. The first-order chi connectivity index (χ1) is 15.6. The van der Waals surface area contributed by atoms with Crippen molar-refractivity contribution in [3.05, 3.63) is 94.5 Å². The lowest BCUT2D eigenvalue weighted by atomic mass is 10.1. The summed E-state index contributed by atoms with van der Waals surface area (Å²) in [6, 6.07) is 22.5. The van der Waals surface area contributed by atoms with E-state index >= 15 is 0 Å². The van der Waals surface area contributed by atoms with Crippen LogP contribution >= 0.6 is 11.6 Å². The van der Waals surface area contributed by atoms with E-state index in [-0.39, 0.29) is 5.91 Å². The van der Waals surface area contributed by atoms with Gasteiger partial charge < -0.3 is 9.47 Å². The molecule has 1 aliphatic rings. The standard InChI is InChI=1S/C26H23ClN2O3/c1-3-31-25-16-19(13-14-24(25)32-17-20-9-7-8-12-23(20)27)15-22-18(2)28-29(26(22)30)21-10-5-4-6-11-21/h4-16H,3,17H2,1-2H3/b22-15+. The maximum atomic E-state index is 13.0. The van der Waals surface area contributed by atoms with Crippen LogP contribution in [-0.4, -0.2) is 18.2 Å². The van der Waals surface area contributed by atoms with Crippen LogP contribution in [0.2, 0.25) is 5.02 Å². The first-order valence-corrected chi connectivity index (χ1v) is 10.7. The molecule has 0 spiro atoms. The Kier molecular flexibility index (Phi) is 6.57. The Morgan fingerprint density at radius 1 is 0.969 bits per heavy atom. The highest BCUT2D eigenvalue weighted by molar-refractivity contribution is 6.32. The number of rotatable bonds is 7. The lowest BCUT2D eigenvalue weighted by molar-refractivity contribution is -0.114. The average molecular weight is 447 g/mol. The van der Waals surface area contributed by atoms with Gasteiger partial charge in [-0.25, -0.2) is 0 Å². The van der Waals surface area contributed by atoms with Gasteiger partial charge in [-0.05, 0) is 55.8 Å². The number of ether oxygens (including phenoxy) is 2. The molecule has 6 heteroatoms. The summed E-state index contributed by atoms with van der Waals surface area (Å²) in [5, 5.41) is 6.51. The summed E-state index contributed by atoms with van der Waals surface area (Å²) >= 11 is 6.23. The molecule has 0 aliphatic carbocycles. The molecule has 4 rings (SSSR count). The van der Waals surface area contributed by atoms with Crippen molar-refractivity contribution < 1.29 is 14.3 Å².